The van der Waals surface area contributed by atoms with Crippen LogP contribution in [0, 0.1) is 12.7 Å². The van der Waals surface area contributed by atoms with Crippen LogP contribution in [0.25, 0.3) is 11.3 Å². The van der Waals surface area contributed by atoms with Gasteiger partial charge in [-0.3, -0.25) is 4.98 Å². The Labute approximate surface area is 126 Å². The number of hydrogen-bond acceptors (Lipinski definition) is 5. The SMILES string of the molecule is Cc1sc(N)c(C(=O)OC(C)(C)C)c1-c1ccc(F)cn1. The quantitative estimate of drug-likeness (QED) is 0.857. The Balaban J connectivity index is 2.52. The molecule has 0 bridgehead atoms. The Morgan fingerprint density at radius 1 is 1.38 bits per heavy atom. The summed E-state index contributed by atoms with van der Waals surface area (Å²) in [6, 6.07) is 2.83. The van der Waals surface area contributed by atoms with Crippen molar-refractivity contribution in [1.29, 1.82) is 0 Å². The van der Waals surface area contributed by atoms with Crippen molar-refractivity contribution >= 4 is 22.3 Å². The summed E-state index contributed by atoms with van der Waals surface area (Å²) in [6.45, 7) is 7.21. The van der Waals surface area contributed by atoms with Gasteiger partial charge < -0.3 is 10.5 Å². The lowest BCUT2D eigenvalue weighted by atomic mass is 10.1. The van der Waals surface area contributed by atoms with Crippen molar-refractivity contribution in [2.75, 3.05) is 5.73 Å². The molecule has 2 aromatic rings. The molecule has 4 nitrogen and oxygen atoms in total. The third-order valence-corrected chi connectivity index (χ3v) is 3.63. The van der Waals surface area contributed by atoms with Gasteiger partial charge in [0, 0.05) is 10.4 Å². The first kappa shape index (κ1) is 15.4. The predicted octanol–water partition coefficient (Wildman–Crippen LogP) is 3.80. The summed E-state index contributed by atoms with van der Waals surface area (Å²) in [5.74, 6) is -0.927. The van der Waals surface area contributed by atoms with E-state index < -0.39 is 17.4 Å². The molecule has 0 atom stereocenters. The molecular formula is C15H17FN2O2S. The standard InChI is InChI=1S/C15H17FN2O2S/c1-8-11(10-6-5-9(16)7-18-10)12(13(17)21-8)14(19)20-15(2,3)4/h5-7H,17H2,1-4H3. The minimum absolute atomic E-state index is 0.298. The number of rotatable bonds is 2. The van der Waals surface area contributed by atoms with Gasteiger partial charge in [-0.2, -0.15) is 0 Å². The second-order valence-corrected chi connectivity index (χ2v) is 6.89. The molecule has 2 N–H and O–H groups in total. The number of carbonyl (C=O) groups excluding carboxylic acids is 1. The first-order valence-electron chi connectivity index (χ1n) is 6.43. The van der Waals surface area contributed by atoms with Crippen molar-refractivity contribution in [1.82, 2.24) is 4.98 Å². The number of pyridine rings is 1. The van der Waals surface area contributed by atoms with Gasteiger partial charge in [-0.25, -0.2) is 9.18 Å². The highest BCUT2D eigenvalue weighted by Gasteiger charge is 2.27. The van der Waals surface area contributed by atoms with Gasteiger partial charge in [0.25, 0.3) is 0 Å². The highest BCUT2D eigenvalue weighted by Crippen LogP contribution is 2.38. The molecule has 21 heavy (non-hydrogen) atoms. The number of nitrogens with two attached hydrogens (primary N) is 1. The zero-order chi connectivity index (χ0) is 15.8. The maximum Gasteiger partial charge on any atom is 0.342 e. The normalized spacial score (nSPS) is 11.5. The number of aryl methyl sites for hydroxylation is 1. The van der Waals surface area contributed by atoms with Crippen LogP contribution in [0.2, 0.25) is 0 Å². The number of nitrogen functional groups attached to an aromatic ring is 1. The maximum atomic E-state index is 13.0. The van der Waals surface area contributed by atoms with Crippen molar-refractivity contribution in [2.24, 2.45) is 0 Å². The van der Waals surface area contributed by atoms with Gasteiger partial charge in [0.2, 0.25) is 0 Å². The monoisotopic (exact) mass is 308 g/mol. The van der Waals surface area contributed by atoms with Crippen LogP contribution in [-0.2, 0) is 4.74 Å². The summed E-state index contributed by atoms with van der Waals surface area (Å²) in [5, 5.41) is 0.378. The van der Waals surface area contributed by atoms with Gasteiger partial charge in [-0.15, -0.1) is 11.3 Å². The van der Waals surface area contributed by atoms with E-state index in [2.05, 4.69) is 4.98 Å². The Bertz CT molecular complexity index is 672. The molecule has 0 fully saturated rings. The molecule has 0 aliphatic carbocycles. The molecule has 0 saturated carbocycles. The Morgan fingerprint density at radius 2 is 2.05 bits per heavy atom. The summed E-state index contributed by atoms with van der Waals surface area (Å²) >= 11 is 1.29. The van der Waals surface area contributed by atoms with E-state index in [0.717, 1.165) is 11.1 Å². The second kappa shape index (κ2) is 5.44. The molecule has 2 heterocycles. The van der Waals surface area contributed by atoms with Crippen LogP contribution in [-0.4, -0.2) is 16.6 Å². The van der Waals surface area contributed by atoms with E-state index in [4.69, 9.17) is 10.5 Å². The lowest BCUT2D eigenvalue weighted by Gasteiger charge is -2.20. The number of halogens is 1. The fourth-order valence-corrected chi connectivity index (χ4v) is 2.86. The molecule has 0 unspecified atom stereocenters. The van der Waals surface area contributed by atoms with Gasteiger partial charge >= 0.3 is 5.97 Å². The summed E-state index contributed by atoms with van der Waals surface area (Å²) < 4.78 is 18.4. The number of esters is 1. The van der Waals surface area contributed by atoms with E-state index in [1.165, 1.54) is 23.5 Å². The van der Waals surface area contributed by atoms with Crippen LogP contribution in [0.15, 0.2) is 18.3 Å². The number of nitrogens with zero attached hydrogens (tertiary/aromatic N) is 1. The van der Waals surface area contributed by atoms with E-state index in [1.54, 1.807) is 20.8 Å². The molecule has 2 rings (SSSR count). The average molecular weight is 308 g/mol. The molecule has 6 heteroatoms. The molecule has 0 aromatic carbocycles. The lowest BCUT2D eigenvalue weighted by Crippen LogP contribution is -2.24. The summed E-state index contributed by atoms with van der Waals surface area (Å²) in [4.78, 5) is 17.2. The van der Waals surface area contributed by atoms with Crippen molar-refractivity contribution in [3.8, 4) is 11.3 Å². The third-order valence-electron chi connectivity index (χ3n) is 2.70. The Morgan fingerprint density at radius 3 is 2.57 bits per heavy atom. The molecule has 0 spiro atoms. The van der Waals surface area contributed by atoms with E-state index in [1.807, 2.05) is 6.92 Å². The Kier molecular flexibility index (Phi) is 4.00. The van der Waals surface area contributed by atoms with E-state index in [0.29, 0.717) is 21.8 Å². The number of thiophene rings is 1. The zero-order valence-corrected chi connectivity index (χ0v) is 13.2. The molecule has 0 aliphatic rings. The maximum absolute atomic E-state index is 13.0. The molecule has 0 radical (unpaired) electrons. The van der Waals surface area contributed by atoms with Gasteiger partial charge in [0.15, 0.2) is 0 Å². The van der Waals surface area contributed by atoms with Gasteiger partial charge in [-0.05, 0) is 39.8 Å². The van der Waals surface area contributed by atoms with Crippen LogP contribution in [0.4, 0.5) is 9.39 Å². The van der Waals surface area contributed by atoms with Gasteiger partial charge in [0.1, 0.15) is 22.0 Å². The van der Waals surface area contributed by atoms with Crippen LogP contribution in [0.5, 0.6) is 0 Å². The zero-order valence-electron chi connectivity index (χ0n) is 12.4. The molecule has 2 aromatic heterocycles. The number of hydrogen-bond donors (Lipinski definition) is 1. The number of aromatic nitrogens is 1. The summed E-state index contributed by atoms with van der Waals surface area (Å²) in [5.41, 5.74) is 6.73. The smallest absolute Gasteiger partial charge is 0.342 e. The first-order chi connectivity index (χ1) is 9.69. The van der Waals surface area contributed by atoms with Crippen LogP contribution >= 0.6 is 11.3 Å². The average Bonchev–Trinajstić information content (AvgIpc) is 2.63. The minimum Gasteiger partial charge on any atom is -0.456 e. The fourth-order valence-electron chi connectivity index (χ4n) is 1.93. The van der Waals surface area contributed by atoms with Gasteiger partial charge in [-0.1, -0.05) is 0 Å². The lowest BCUT2D eigenvalue weighted by molar-refractivity contribution is 0.00721. The summed E-state index contributed by atoms with van der Waals surface area (Å²) in [7, 11) is 0. The minimum atomic E-state index is -0.618. The molecule has 0 amide bonds. The largest absolute Gasteiger partial charge is 0.456 e. The molecule has 112 valence electrons. The number of carbonyl (C=O) groups is 1. The van der Waals surface area contributed by atoms with E-state index in [9.17, 15) is 9.18 Å². The number of ether oxygens (including phenoxy) is 1. The predicted molar refractivity (Wildman–Crippen MR) is 81.8 cm³/mol. The van der Waals surface area contributed by atoms with E-state index >= 15 is 0 Å². The van der Waals surface area contributed by atoms with Crippen LogP contribution in [0.3, 0.4) is 0 Å². The van der Waals surface area contributed by atoms with Crippen molar-refractivity contribution < 1.29 is 13.9 Å². The summed E-state index contributed by atoms with van der Waals surface area (Å²) in [6.07, 6.45) is 1.11. The fraction of sp³-hybridized carbons (Fsp3) is 0.333. The molecule has 0 aliphatic heterocycles. The van der Waals surface area contributed by atoms with Crippen molar-refractivity contribution in [3.05, 3.63) is 34.6 Å². The van der Waals surface area contributed by atoms with Gasteiger partial charge in [0.05, 0.1) is 11.9 Å². The van der Waals surface area contributed by atoms with E-state index in [-0.39, 0.29) is 0 Å². The van der Waals surface area contributed by atoms with Crippen LogP contribution < -0.4 is 5.73 Å². The third kappa shape index (κ3) is 3.39. The highest BCUT2D eigenvalue weighted by atomic mass is 32.1. The van der Waals surface area contributed by atoms with Crippen molar-refractivity contribution in [3.63, 3.8) is 0 Å². The Hall–Kier alpha value is -1.95. The van der Waals surface area contributed by atoms with Crippen LogP contribution in [0.1, 0.15) is 36.0 Å². The molecular weight excluding hydrogens is 291 g/mol. The molecule has 0 saturated heterocycles. The van der Waals surface area contributed by atoms with Crippen molar-refractivity contribution in [2.45, 2.75) is 33.3 Å². The number of anilines is 1. The second-order valence-electron chi connectivity index (χ2n) is 5.64. The topological polar surface area (TPSA) is 65.2 Å². The first-order valence-corrected chi connectivity index (χ1v) is 7.25. The highest BCUT2D eigenvalue weighted by molar-refractivity contribution is 7.16.